The molecule has 0 heterocycles. The number of hydrogen-bond acceptors (Lipinski definition) is 1. The Morgan fingerprint density at radius 3 is 2.33 bits per heavy atom. The highest BCUT2D eigenvalue weighted by Gasteiger charge is 2.19. The molecule has 0 bridgehead atoms. The quantitative estimate of drug-likeness (QED) is 0.746. The van der Waals surface area contributed by atoms with Crippen LogP contribution in [-0.4, -0.2) is 5.11 Å². The Kier molecular flexibility index (Phi) is 2.79. The minimum absolute atomic E-state index is 0.286. The zero-order valence-corrected chi connectivity index (χ0v) is 11.5. The third-order valence-corrected chi connectivity index (χ3v) is 4.39. The Morgan fingerprint density at radius 1 is 0.857 bits per heavy atom. The number of halogens is 1. The van der Waals surface area contributed by atoms with E-state index in [1.165, 1.54) is 28.6 Å². The summed E-state index contributed by atoms with van der Waals surface area (Å²) >= 11 is 0. The van der Waals surface area contributed by atoms with Crippen LogP contribution in [0.25, 0.3) is 10.8 Å². The number of aryl methyl sites for hydroxylation is 2. The number of benzene rings is 3. The van der Waals surface area contributed by atoms with Crippen molar-refractivity contribution in [1.82, 2.24) is 0 Å². The average molecular weight is 278 g/mol. The van der Waals surface area contributed by atoms with E-state index in [-0.39, 0.29) is 5.82 Å². The van der Waals surface area contributed by atoms with Crippen molar-refractivity contribution < 1.29 is 9.50 Å². The zero-order valence-electron chi connectivity index (χ0n) is 11.5. The molecule has 1 atom stereocenters. The lowest BCUT2D eigenvalue weighted by Gasteiger charge is -2.15. The highest BCUT2D eigenvalue weighted by atomic mass is 19.1. The van der Waals surface area contributed by atoms with Crippen molar-refractivity contribution in [2.24, 2.45) is 0 Å². The van der Waals surface area contributed by atoms with E-state index in [9.17, 15) is 9.50 Å². The van der Waals surface area contributed by atoms with Gasteiger partial charge in [-0.1, -0.05) is 42.5 Å². The maximum absolute atomic E-state index is 13.0. The van der Waals surface area contributed by atoms with Crippen LogP contribution >= 0.6 is 0 Å². The topological polar surface area (TPSA) is 20.2 Å². The van der Waals surface area contributed by atoms with E-state index in [0.717, 1.165) is 29.4 Å². The van der Waals surface area contributed by atoms with Crippen molar-refractivity contribution in [3.63, 3.8) is 0 Å². The van der Waals surface area contributed by atoms with Gasteiger partial charge < -0.3 is 5.11 Å². The lowest BCUT2D eigenvalue weighted by molar-refractivity contribution is 0.222. The first-order valence-electron chi connectivity index (χ1n) is 7.21. The second-order valence-corrected chi connectivity index (χ2v) is 5.61. The van der Waals surface area contributed by atoms with Crippen molar-refractivity contribution in [3.8, 4) is 0 Å². The molecular weight excluding hydrogens is 263 g/mol. The van der Waals surface area contributed by atoms with Gasteiger partial charge in [-0.25, -0.2) is 4.39 Å². The Balaban J connectivity index is 1.89. The Hall–Kier alpha value is -2.19. The molecule has 2 heteroatoms. The van der Waals surface area contributed by atoms with Crippen LogP contribution in [0.15, 0.2) is 54.6 Å². The van der Waals surface area contributed by atoms with Crippen LogP contribution in [0.5, 0.6) is 0 Å². The van der Waals surface area contributed by atoms with E-state index in [1.807, 2.05) is 12.1 Å². The Bertz CT molecular complexity index is 811. The van der Waals surface area contributed by atoms with Gasteiger partial charge in [-0.05, 0) is 58.0 Å². The van der Waals surface area contributed by atoms with E-state index < -0.39 is 6.10 Å². The lowest BCUT2D eigenvalue weighted by Crippen LogP contribution is -2.01. The largest absolute Gasteiger partial charge is 0.384 e. The molecule has 1 N–H and O–H groups in total. The number of rotatable bonds is 2. The molecule has 0 radical (unpaired) electrons. The van der Waals surface area contributed by atoms with E-state index in [2.05, 4.69) is 18.2 Å². The van der Waals surface area contributed by atoms with Gasteiger partial charge in [0.2, 0.25) is 0 Å². The first kappa shape index (κ1) is 12.5. The molecule has 1 aliphatic rings. The minimum Gasteiger partial charge on any atom is -0.384 e. The summed E-state index contributed by atoms with van der Waals surface area (Å²) in [6.45, 7) is 0. The van der Waals surface area contributed by atoms with Gasteiger partial charge in [0.05, 0.1) is 0 Å². The van der Waals surface area contributed by atoms with Crippen molar-refractivity contribution in [3.05, 3.63) is 82.7 Å². The van der Waals surface area contributed by atoms with Crippen LogP contribution in [0.4, 0.5) is 4.39 Å². The van der Waals surface area contributed by atoms with Gasteiger partial charge in [0.15, 0.2) is 0 Å². The van der Waals surface area contributed by atoms with E-state index in [4.69, 9.17) is 0 Å². The number of aliphatic hydroxyl groups excluding tert-OH is 1. The van der Waals surface area contributed by atoms with Crippen LogP contribution in [0.3, 0.4) is 0 Å². The molecule has 0 spiro atoms. The van der Waals surface area contributed by atoms with Crippen LogP contribution in [0, 0.1) is 5.82 Å². The SMILES string of the molecule is O[C@@H](c1ccc(F)cc1)c1ccc2c3c(cccc13)CC2. The zero-order chi connectivity index (χ0) is 14.4. The molecule has 21 heavy (non-hydrogen) atoms. The summed E-state index contributed by atoms with van der Waals surface area (Å²) in [5, 5.41) is 13.1. The highest BCUT2D eigenvalue weighted by Crippen LogP contribution is 2.36. The van der Waals surface area contributed by atoms with E-state index >= 15 is 0 Å². The molecule has 0 saturated carbocycles. The Labute approximate surface area is 122 Å². The molecule has 4 rings (SSSR count). The molecule has 1 nitrogen and oxygen atoms in total. The van der Waals surface area contributed by atoms with Gasteiger partial charge in [-0.2, -0.15) is 0 Å². The molecule has 104 valence electrons. The second-order valence-electron chi connectivity index (χ2n) is 5.61. The fourth-order valence-corrected chi connectivity index (χ4v) is 3.33. The molecule has 3 aromatic carbocycles. The van der Waals surface area contributed by atoms with Crippen LogP contribution in [0.2, 0.25) is 0 Å². The summed E-state index contributed by atoms with van der Waals surface area (Å²) in [7, 11) is 0. The fourth-order valence-electron chi connectivity index (χ4n) is 3.33. The summed E-state index contributed by atoms with van der Waals surface area (Å²) in [5.74, 6) is -0.286. The van der Waals surface area contributed by atoms with Gasteiger partial charge in [0, 0.05) is 0 Å². The van der Waals surface area contributed by atoms with Crippen molar-refractivity contribution in [1.29, 1.82) is 0 Å². The maximum atomic E-state index is 13.0. The molecule has 1 aliphatic carbocycles. The fraction of sp³-hybridized carbons (Fsp3) is 0.158. The van der Waals surface area contributed by atoms with Gasteiger partial charge in [0.25, 0.3) is 0 Å². The molecule has 0 fully saturated rings. The minimum atomic E-state index is -0.726. The van der Waals surface area contributed by atoms with Gasteiger partial charge in [-0.15, -0.1) is 0 Å². The average Bonchev–Trinajstić information content (AvgIpc) is 2.93. The summed E-state index contributed by atoms with van der Waals surface area (Å²) in [6.07, 6.45) is 1.42. The first-order chi connectivity index (χ1) is 10.2. The second kappa shape index (κ2) is 4.68. The molecule has 0 unspecified atom stereocenters. The van der Waals surface area contributed by atoms with E-state index in [0.29, 0.717) is 0 Å². The summed E-state index contributed by atoms with van der Waals surface area (Å²) in [5.41, 5.74) is 4.32. The monoisotopic (exact) mass is 278 g/mol. The van der Waals surface area contributed by atoms with Crippen LogP contribution in [-0.2, 0) is 12.8 Å². The number of aliphatic hydroxyl groups is 1. The van der Waals surface area contributed by atoms with Crippen molar-refractivity contribution in [2.45, 2.75) is 18.9 Å². The van der Waals surface area contributed by atoms with Crippen molar-refractivity contribution >= 4 is 10.8 Å². The van der Waals surface area contributed by atoms with E-state index in [1.54, 1.807) is 12.1 Å². The predicted octanol–water partition coefficient (Wildman–Crippen LogP) is 4.16. The first-order valence-corrected chi connectivity index (χ1v) is 7.21. The molecule has 0 aromatic heterocycles. The normalized spacial score (nSPS) is 14.6. The Morgan fingerprint density at radius 2 is 1.57 bits per heavy atom. The summed E-state index contributed by atoms with van der Waals surface area (Å²) in [4.78, 5) is 0. The van der Waals surface area contributed by atoms with Crippen molar-refractivity contribution in [2.75, 3.05) is 0 Å². The third-order valence-electron chi connectivity index (χ3n) is 4.39. The highest BCUT2D eigenvalue weighted by molar-refractivity contribution is 5.93. The third kappa shape index (κ3) is 1.95. The number of hydrogen-bond donors (Lipinski definition) is 1. The summed E-state index contributed by atoms with van der Waals surface area (Å²) in [6, 6.07) is 16.4. The maximum Gasteiger partial charge on any atom is 0.123 e. The lowest BCUT2D eigenvalue weighted by atomic mass is 9.93. The molecule has 3 aromatic rings. The van der Waals surface area contributed by atoms with Crippen LogP contribution in [0.1, 0.15) is 28.4 Å². The van der Waals surface area contributed by atoms with Crippen LogP contribution < -0.4 is 0 Å². The standard InChI is InChI=1S/C19H15FO/c20-15-9-6-14(7-10-15)19(21)17-11-8-13-5-4-12-2-1-3-16(17)18(12)13/h1-3,6-11,19,21H,4-5H2/t19-/m0/s1. The molecule has 0 aliphatic heterocycles. The smallest absolute Gasteiger partial charge is 0.123 e. The summed E-state index contributed by atoms with van der Waals surface area (Å²) < 4.78 is 13.0. The van der Waals surface area contributed by atoms with Gasteiger partial charge >= 0.3 is 0 Å². The molecule has 0 saturated heterocycles. The van der Waals surface area contributed by atoms with Gasteiger partial charge in [-0.3, -0.25) is 0 Å². The predicted molar refractivity (Wildman–Crippen MR) is 81.8 cm³/mol. The molecular formula is C19H15FO. The molecule has 0 amide bonds. The van der Waals surface area contributed by atoms with Gasteiger partial charge in [0.1, 0.15) is 11.9 Å².